The summed E-state index contributed by atoms with van der Waals surface area (Å²) in [5, 5.41) is 0. The second-order valence-corrected chi connectivity index (χ2v) is 8.39. The van der Waals surface area contributed by atoms with Crippen molar-refractivity contribution < 1.29 is 0 Å². The van der Waals surface area contributed by atoms with E-state index in [1.54, 1.807) is 6.08 Å². The Labute approximate surface area is 173 Å². The number of rotatable bonds is 5. The van der Waals surface area contributed by atoms with Crippen LogP contribution in [0.3, 0.4) is 0 Å². The van der Waals surface area contributed by atoms with Gasteiger partial charge in [0.15, 0.2) is 0 Å². The first-order chi connectivity index (χ1) is 14.2. The molecule has 3 N–H and O–H groups in total. The minimum absolute atomic E-state index is 0.342. The van der Waals surface area contributed by atoms with Crippen molar-refractivity contribution in [1.29, 1.82) is 0 Å². The summed E-state index contributed by atoms with van der Waals surface area (Å²) in [7, 11) is 0. The molecule has 1 atom stereocenters. The maximum absolute atomic E-state index is 6.20. The van der Waals surface area contributed by atoms with E-state index in [1.807, 2.05) is 19.2 Å². The summed E-state index contributed by atoms with van der Waals surface area (Å²) in [5.41, 5.74) is 10.8. The minimum atomic E-state index is 0.342. The Morgan fingerprint density at radius 1 is 1.31 bits per heavy atom. The molecule has 152 valence electrons. The molecule has 2 aromatic heterocycles. The Morgan fingerprint density at radius 3 is 2.93 bits per heavy atom. The first kappa shape index (κ1) is 19.9. The standard InChI is InChI=1S/C24H31N5/c1-3-4-9-21-17(2)27-23(28-21)16-29(20-13-11-19(25)12-14-20)22-10-5-7-18-8-6-15-26-24(18)22/h1,4,6,8-9,15,19-20,22H,5,7,10-14,16,25H2,2H3,(H,27,28)/b9-4-. The van der Waals surface area contributed by atoms with E-state index in [1.165, 1.54) is 17.7 Å². The third-order valence-corrected chi connectivity index (χ3v) is 6.42. The van der Waals surface area contributed by atoms with E-state index in [9.17, 15) is 0 Å². The lowest BCUT2D eigenvalue weighted by Crippen LogP contribution is -2.43. The fourth-order valence-corrected chi connectivity index (χ4v) is 4.91. The van der Waals surface area contributed by atoms with Crippen LogP contribution in [0.1, 0.15) is 73.0 Å². The largest absolute Gasteiger partial charge is 0.344 e. The van der Waals surface area contributed by atoms with E-state index in [0.29, 0.717) is 18.1 Å². The number of nitrogens with zero attached hydrogens (tertiary/aromatic N) is 3. The molecule has 2 aliphatic carbocycles. The molecule has 0 spiro atoms. The number of aromatic nitrogens is 3. The third-order valence-electron chi connectivity index (χ3n) is 6.42. The molecular formula is C24H31N5. The molecule has 2 aromatic rings. The van der Waals surface area contributed by atoms with Crippen LogP contribution in [0.15, 0.2) is 24.4 Å². The van der Waals surface area contributed by atoms with Crippen molar-refractivity contribution in [1.82, 2.24) is 19.9 Å². The number of terminal acetylenes is 1. The maximum Gasteiger partial charge on any atom is 0.121 e. The molecule has 2 aliphatic rings. The third kappa shape index (κ3) is 4.44. The molecule has 0 amide bonds. The summed E-state index contributed by atoms with van der Waals surface area (Å²) < 4.78 is 0. The highest BCUT2D eigenvalue weighted by Gasteiger charge is 2.34. The SMILES string of the molecule is C#C/C=C\c1nc(CN(C2CCC(N)CC2)C2CCCc3cccnc32)[nH]c1C. The van der Waals surface area contributed by atoms with E-state index >= 15 is 0 Å². The van der Waals surface area contributed by atoms with Gasteiger partial charge in [-0.05, 0) is 75.7 Å². The molecule has 1 unspecified atom stereocenters. The van der Waals surface area contributed by atoms with Gasteiger partial charge in [-0.25, -0.2) is 4.98 Å². The van der Waals surface area contributed by atoms with Crippen molar-refractivity contribution >= 4 is 6.08 Å². The Balaban J connectivity index is 1.63. The van der Waals surface area contributed by atoms with Crippen LogP contribution in [0.5, 0.6) is 0 Å². The quantitative estimate of drug-likeness (QED) is 0.761. The van der Waals surface area contributed by atoms with Gasteiger partial charge in [0, 0.05) is 24.0 Å². The number of hydrogen-bond donors (Lipinski definition) is 2. The van der Waals surface area contributed by atoms with Crippen LogP contribution in [0.25, 0.3) is 6.08 Å². The average molecular weight is 390 g/mol. The summed E-state index contributed by atoms with van der Waals surface area (Å²) in [6.45, 7) is 2.85. The van der Waals surface area contributed by atoms with Gasteiger partial charge in [0.2, 0.25) is 0 Å². The number of allylic oxidation sites excluding steroid dienone is 1. The first-order valence-electron chi connectivity index (χ1n) is 10.8. The van der Waals surface area contributed by atoms with Crippen molar-refractivity contribution in [3.05, 3.63) is 52.9 Å². The second kappa shape index (κ2) is 8.94. The summed E-state index contributed by atoms with van der Waals surface area (Å²) in [5.74, 6) is 3.54. The van der Waals surface area contributed by atoms with E-state index in [0.717, 1.165) is 62.3 Å². The zero-order valence-corrected chi connectivity index (χ0v) is 17.3. The van der Waals surface area contributed by atoms with Gasteiger partial charge >= 0.3 is 0 Å². The number of nitrogens with two attached hydrogens (primary N) is 1. The average Bonchev–Trinajstić information content (AvgIpc) is 3.10. The van der Waals surface area contributed by atoms with Crippen LogP contribution in [0.4, 0.5) is 0 Å². The highest BCUT2D eigenvalue weighted by Crippen LogP contribution is 2.37. The molecule has 5 nitrogen and oxygen atoms in total. The minimum Gasteiger partial charge on any atom is -0.344 e. The summed E-state index contributed by atoms with van der Waals surface area (Å²) in [6.07, 6.45) is 18.9. The highest BCUT2D eigenvalue weighted by atomic mass is 15.2. The zero-order valence-electron chi connectivity index (χ0n) is 17.3. The smallest absolute Gasteiger partial charge is 0.121 e. The van der Waals surface area contributed by atoms with Crippen molar-refractivity contribution in [2.45, 2.75) is 76.5 Å². The molecule has 29 heavy (non-hydrogen) atoms. The van der Waals surface area contributed by atoms with Gasteiger partial charge in [0.05, 0.1) is 24.0 Å². The maximum atomic E-state index is 6.20. The molecule has 2 heterocycles. The Kier molecular flexibility index (Phi) is 6.13. The van der Waals surface area contributed by atoms with Crippen LogP contribution in [-0.2, 0) is 13.0 Å². The van der Waals surface area contributed by atoms with Gasteiger partial charge < -0.3 is 10.7 Å². The number of nitrogens with one attached hydrogen (secondary N) is 1. The predicted octanol–water partition coefficient (Wildman–Crippen LogP) is 3.91. The predicted molar refractivity (Wildman–Crippen MR) is 117 cm³/mol. The van der Waals surface area contributed by atoms with Crippen LogP contribution >= 0.6 is 0 Å². The molecular weight excluding hydrogens is 358 g/mol. The number of fused-ring (bicyclic) bond motifs is 1. The number of imidazole rings is 1. The van der Waals surface area contributed by atoms with Gasteiger partial charge in [0.1, 0.15) is 5.82 Å². The van der Waals surface area contributed by atoms with Crippen molar-refractivity contribution in [2.24, 2.45) is 5.73 Å². The number of pyridine rings is 1. The van der Waals surface area contributed by atoms with Gasteiger partial charge in [-0.1, -0.05) is 12.0 Å². The van der Waals surface area contributed by atoms with Gasteiger partial charge in [0.25, 0.3) is 0 Å². The van der Waals surface area contributed by atoms with E-state index in [-0.39, 0.29) is 0 Å². The molecule has 1 fully saturated rings. The molecule has 5 heteroatoms. The summed E-state index contributed by atoms with van der Waals surface area (Å²) in [6, 6.07) is 5.50. The van der Waals surface area contributed by atoms with Crippen molar-refractivity contribution in [2.75, 3.05) is 0 Å². The van der Waals surface area contributed by atoms with Crippen LogP contribution in [0, 0.1) is 19.3 Å². The van der Waals surface area contributed by atoms with Gasteiger partial charge in [-0.3, -0.25) is 9.88 Å². The monoisotopic (exact) mass is 389 g/mol. The van der Waals surface area contributed by atoms with E-state index < -0.39 is 0 Å². The Bertz CT molecular complexity index is 898. The molecule has 4 rings (SSSR count). The summed E-state index contributed by atoms with van der Waals surface area (Å²) in [4.78, 5) is 15.7. The lowest BCUT2D eigenvalue weighted by atomic mass is 9.86. The van der Waals surface area contributed by atoms with E-state index in [2.05, 4.69) is 27.9 Å². The number of H-pyrrole nitrogens is 1. The van der Waals surface area contributed by atoms with Crippen LogP contribution in [-0.4, -0.2) is 31.9 Å². The van der Waals surface area contributed by atoms with Crippen LogP contribution in [0.2, 0.25) is 0 Å². The van der Waals surface area contributed by atoms with E-state index in [4.69, 9.17) is 22.1 Å². The molecule has 1 saturated carbocycles. The Hall–Kier alpha value is -2.42. The molecule has 0 radical (unpaired) electrons. The molecule has 0 bridgehead atoms. The number of aromatic amines is 1. The number of aryl methyl sites for hydroxylation is 2. The lowest BCUT2D eigenvalue weighted by Gasteiger charge is -2.42. The molecule has 0 saturated heterocycles. The second-order valence-electron chi connectivity index (χ2n) is 8.39. The summed E-state index contributed by atoms with van der Waals surface area (Å²) >= 11 is 0. The first-order valence-corrected chi connectivity index (χ1v) is 10.8. The molecule has 0 aromatic carbocycles. The fourth-order valence-electron chi connectivity index (χ4n) is 4.91. The normalized spacial score (nSPS) is 24.6. The van der Waals surface area contributed by atoms with Gasteiger partial charge in [-0.15, -0.1) is 6.42 Å². The zero-order chi connectivity index (χ0) is 20.2. The van der Waals surface area contributed by atoms with Crippen LogP contribution < -0.4 is 5.73 Å². The number of hydrogen-bond acceptors (Lipinski definition) is 4. The molecule has 0 aliphatic heterocycles. The lowest BCUT2D eigenvalue weighted by molar-refractivity contribution is 0.0759. The van der Waals surface area contributed by atoms with Crippen molar-refractivity contribution in [3.63, 3.8) is 0 Å². The fraction of sp³-hybridized carbons (Fsp3) is 0.500. The highest BCUT2D eigenvalue weighted by molar-refractivity contribution is 5.50. The Morgan fingerprint density at radius 2 is 2.14 bits per heavy atom. The van der Waals surface area contributed by atoms with Gasteiger partial charge in [-0.2, -0.15) is 0 Å². The topological polar surface area (TPSA) is 70.8 Å². The van der Waals surface area contributed by atoms with Crippen molar-refractivity contribution in [3.8, 4) is 12.3 Å².